The molecule has 3 heteroatoms. The predicted molar refractivity (Wildman–Crippen MR) is 107 cm³/mol. The molecule has 152 valence electrons. The van der Waals surface area contributed by atoms with Crippen molar-refractivity contribution in [2.45, 2.75) is 110 Å². The molecule has 0 N–H and O–H groups in total. The van der Waals surface area contributed by atoms with Gasteiger partial charge < -0.3 is 9.47 Å². The highest BCUT2D eigenvalue weighted by Crippen LogP contribution is 2.13. The van der Waals surface area contributed by atoms with E-state index in [1.54, 1.807) is 0 Å². The predicted octanol–water partition coefficient (Wildman–Crippen LogP) is 7.25. The van der Waals surface area contributed by atoms with E-state index < -0.39 is 6.67 Å². The summed E-state index contributed by atoms with van der Waals surface area (Å²) in [6, 6.07) is 0. The smallest absolute Gasteiger partial charge is 0.113 e. The standard InChI is InChI=1S/C22H45FO2/c1-2-3-4-5-6-7-8-9-10-11-12-13-14-15-16-17-19-24-21-22-25-20-18-23/h2-22H2,1H3/i23-1. The van der Waals surface area contributed by atoms with E-state index in [9.17, 15) is 4.39 Å². The molecule has 0 saturated heterocycles. The summed E-state index contributed by atoms with van der Waals surface area (Å²) in [6.07, 6.45) is 22.3. The second-order valence-electron chi connectivity index (χ2n) is 7.22. The number of ether oxygens (including phenoxy) is 2. The molecule has 0 bridgehead atoms. The molecule has 0 aliphatic carbocycles. The average Bonchev–Trinajstić information content (AvgIpc) is 2.63. The average molecular weight is 360 g/mol. The monoisotopic (exact) mass is 359 g/mol. The zero-order chi connectivity index (χ0) is 18.3. The van der Waals surface area contributed by atoms with Crippen LogP contribution in [0.2, 0.25) is 0 Å². The normalized spacial score (nSPS) is 11.3. The molecule has 0 aromatic heterocycles. The molecule has 0 aliphatic rings. The topological polar surface area (TPSA) is 18.5 Å². The minimum Gasteiger partial charge on any atom is -0.379 e. The molecule has 25 heavy (non-hydrogen) atoms. The second-order valence-corrected chi connectivity index (χ2v) is 7.22. The van der Waals surface area contributed by atoms with Gasteiger partial charge in [0.15, 0.2) is 0 Å². The number of rotatable bonds is 22. The molecular formula is C22H45FO2. The van der Waals surface area contributed by atoms with Gasteiger partial charge in [-0.1, -0.05) is 103 Å². The fourth-order valence-corrected chi connectivity index (χ4v) is 3.13. The Labute approximate surface area is 157 Å². The molecule has 0 heterocycles. The van der Waals surface area contributed by atoms with Crippen molar-refractivity contribution in [2.24, 2.45) is 0 Å². The second kappa shape index (κ2) is 23.9. The maximum Gasteiger partial charge on any atom is 0.113 e. The summed E-state index contributed by atoms with van der Waals surface area (Å²) in [5, 5.41) is 0. The molecule has 0 aromatic rings. The lowest BCUT2D eigenvalue weighted by molar-refractivity contribution is 0.0415. The highest BCUT2D eigenvalue weighted by Gasteiger charge is 1.95. The SMILES string of the molecule is CCCCCCCCCCCCCCCCCCOCCOCC[18F]. The summed E-state index contributed by atoms with van der Waals surface area (Å²) in [5.74, 6) is 0. The van der Waals surface area contributed by atoms with Gasteiger partial charge in [0.05, 0.1) is 19.8 Å². The van der Waals surface area contributed by atoms with E-state index in [1.807, 2.05) is 0 Å². The van der Waals surface area contributed by atoms with Gasteiger partial charge in [-0.05, 0) is 6.42 Å². The van der Waals surface area contributed by atoms with Crippen LogP contribution in [0.15, 0.2) is 0 Å². The van der Waals surface area contributed by atoms with Gasteiger partial charge in [-0.25, -0.2) is 4.39 Å². The van der Waals surface area contributed by atoms with E-state index in [2.05, 4.69) is 6.92 Å². The molecule has 0 radical (unpaired) electrons. The Hall–Kier alpha value is -0.150. The van der Waals surface area contributed by atoms with Crippen LogP contribution in [-0.4, -0.2) is 33.1 Å². The van der Waals surface area contributed by atoms with Crippen molar-refractivity contribution >= 4 is 0 Å². The van der Waals surface area contributed by atoms with Crippen molar-refractivity contribution in [3.8, 4) is 0 Å². The summed E-state index contributed by atoms with van der Waals surface area (Å²) < 4.78 is 22.2. The van der Waals surface area contributed by atoms with Crippen molar-refractivity contribution in [2.75, 3.05) is 33.1 Å². The van der Waals surface area contributed by atoms with Gasteiger partial charge in [0.25, 0.3) is 0 Å². The number of halogens is 1. The number of hydrogen-bond acceptors (Lipinski definition) is 2. The third kappa shape index (κ3) is 23.9. The van der Waals surface area contributed by atoms with E-state index >= 15 is 0 Å². The van der Waals surface area contributed by atoms with Crippen LogP contribution >= 0.6 is 0 Å². The minimum atomic E-state index is -0.404. The summed E-state index contributed by atoms with van der Waals surface area (Å²) in [4.78, 5) is 0. The largest absolute Gasteiger partial charge is 0.379 e. The first-order valence-corrected chi connectivity index (χ1v) is 11.1. The Kier molecular flexibility index (Phi) is 23.7. The van der Waals surface area contributed by atoms with Crippen LogP contribution in [0.25, 0.3) is 0 Å². The Morgan fingerprint density at radius 3 is 1.20 bits per heavy atom. The van der Waals surface area contributed by atoms with Crippen molar-refractivity contribution < 1.29 is 13.9 Å². The van der Waals surface area contributed by atoms with Gasteiger partial charge in [-0.15, -0.1) is 0 Å². The van der Waals surface area contributed by atoms with Crippen LogP contribution in [0.3, 0.4) is 0 Å². The van der Waals surface area contributed by atoms with E-state index in [4.69, 9.17) is 9.47 Å². The third-order valence-corrected chi connectivity index (χ3v) is 4.74. The molecule has 0 amide bonds. The summed E-state index contributed by atoms with van der Waals surface area (Å²) in [5.41, 5.74) is 0. The van der Waals surface area contributed by atoms with Crippen LogP contribution in [0.5, 0.6) is 0 Å². The fourth-order valence-electron chi connectivity index (χ4n) is 3.13. The fraction of sp³-hybridized carbons (Fsp3) is 1.00. The van der Waals surface area contributed by atoms with E-state index in [0.29, 0.717) is 13.2 Å². The Morgan fingerprint density at radius 1 is 0.440 bits per heavy atom. The van der Waals surface area contributed by atoms with Crippen LogP contribution in [0.4, 0.5) is 4.39 Å². The molecule has 0 saturated carbocycles. The lowest BCUT2D eigenvalue weighted by Crippen LogP contribution is -2.06. The molecule has 0 fully saturated rings. The molecule has 0 aromatic carbocycles. The summed E-state index contributed by atoms with van der Waals surface area (Å²) in [6.45, 7) is 4.01. The minimum absolute atomic E-state index is 0.197. The summed E-state index contributed by atoms with van der Waals surface area (Å²) in [7, 11) is 0. The number of alkyl halides is 1. The Balaban J connectivity index is 2.94. The van der Waals surface area contributed by atoms with Gasteiger partial charge in [0, 0.05) is 6.61 Å². The lowest BCUT2D eigenvalue weighted by Gasteiger charge is -2.05. The molecule has 2 nitrogen and oxygen atoms in total. The van der Waals surface area contributed by atoms with Crippen LogP contribution < -0.4 is 0 Å². The van der Waals surface area contributed by atoms with E-state index in [1.165, 1.54) is 96.3 Å². The van der Waals surface area contributed by atoms with Gasteiger partial charge in [0.2, 0.25) is 0 Å². The Bertz CT molecular complexity index is 202. The van der Waals surface area contributed by atoms with Crippen LogP contribution in [0, 0.1) is 0 Å². The molecule has 0 spiro atoms. The molecule has 0 aliphatic heterocycles. The summed E-state index contributed by atoms with van der Waals surface area (Å²) >= 11 is 0. The van der Waals surface area contributed by atoms with Crippen molar-refractivity contribution in [1.82, 2.24) is 0 Å². The first-order chi connectivity index (χ1) is 12.4. The van der Waals surface area contributed by atoms with Gasteiger partial charge >= 0.3 is 0 Å². The van der Waals surface area contributed by atoms with Gasteiger partial charge in [-0.3, -0.25) is 0 Å². The van der Waals surface area contributed by atoms with Crippen LogP contribution in [-0.2, 0) is 9.47 Å². The highest BCUT2D eigenvalue weighted by molar-refractivity contribution is 4.50. The van der Waals surface area contributed by atoms with Crippen molar-refractivity contribution in [3.05, 3.63) is 0 Å². The molecule has 0 rings (SSSR count). The van der Waals surface area contributed by atoms with Crippen molar-refractivity contribution in [1.29, 1.82) is 0 Å². The van der Waals surface area contributed by atoms with E-state index in [0.717, 1.165) is 13.0 Å². The molecule has 0 atom stereocenters. The number of unbranched alkanes of at least 4 members (excludes halogenated alkanes) is 15. The Morgan fingerprint density at radius 2 is 0.800 bits per heavy atom. The highest BCUT2D eigenvalue weighted by atomic mass is 18.2. The zero-order valence-corrected chi connectivity index (χ0v) is 17.0. The maximum absolute atomic E-state index is 11.8. The maximum atomic E-state index is 11.8. The van der Waals surface area contributed by atoms with Crippen LogP contribution in [0.1, 0.15) is 110 Å². The first kappa shape index (κ1) is 24.8. The molecular weight excluding hydrogens is 314 g/mol. The lowest BCUT2D eigenvalue weighted by atomic mass is 10.0. The quantitative estimate of drug-likeness (QED) is 0.189. The first-order valence-electron chi connectivity index (χ1n) is 11.1. The van der Waals surface area contributed by atoms with E-state index in [-0.39, 0.29) is 6.61 Å². The zero-order valence-electron chi connectivity index (χ0n) is 17.0. The van der Waals surface area contributed by atoms with Crippen molar-refractivity contribution in [3.63, 3.8) is 0 Å². The molecule has 0 unspecified atom stereocenters. The van der Waals surface area contributed by atoms with Gasteiger partial charge in [0.1, 0.15) is 6.67 Å². The van der Waals surface area contributed by atoms with Gasteiger partial charge in [-0.2, -0.15) is 0 Å². The third-order valence-electron chi connectivity index (χ3n) is 4.74. The number of hydrogen-bond donors (Lipinski definition) is 0.